The van der Waals surface area contributed by atoms with Gasteiger partial charge < -0.3 is 0 Å². The average Bonchev–Trinajstić information content (AvgIpc) is 2.47. The van der Waals surface area contributed by atoms with E-state index in [9.17, 15) is 0 Å². The number of aryl methyl sites for hydroxylation is 1. The molecule has 0 aliphatic heterocycles. The SMILES string of the molecule is C=Cc1ccc2nc(-c3ccccc3)c(C)nc2c1. The van der Waals surface area contributed by atoms with Crippen molar-refractivity contribution in [1.29, 1.82) is 0 Å². The Morgan fingerprint density at radius 2 is 1.74 bits per heavy atom. The van der Waals surface area contributed by atoms with Gasteiger partial charge in [-0.15, -0.1) is 0 Å². The van der Waals surface area contributed by atoms with Gasteiger partial charge in [-0.1, -0.05) is 49.1 Å². The fourth-order valence-corrected chi connectivity index (χ4v) is 2.16. The normalized spacial score (nSPS) is 10.6. The van der Waals surface area contributed by atoms with E-state index in [0.717, 1.165) is 33.5 Å². The molecule has 0 atom stereocenters. The van der Waals surface area contributed by atoms with E-state index in [0.29, 0.717) is 0 Å². The molecule has 19 heavy (non-hydrogen) atoms. The van der Waals surface area contributed by atoms with Crippen LogP contribution in [0.1, 0.15) is 11.3 Å². The molecule has 0 saturated carbocycles. The zero-order valence-corrected chi connectivity index (χ0v) is 10.8. The lowest BCUT2D eigenvalue weighted by molar-refractivity contribution is 1.19. The largest absolute Gasteiger partial charge is 0.249 e. The minimum Gasteiger partial charge on any atom is -0.249 e. The summed E-state index contributed by atoms with van der Waals surface area (Å²) in [6.07, 6.45) is 1.82. The van der Waals surface area contributed by atoms with Crippen LogP contribution in [0.2, 0.25) is 0 Å². The monoisotopic (exact) mass is 246 g/mol. The van der Waals surface area contributed by atoms with Crippen molar-refractivity contribution in [1.82, 2.24) is 9.97 Å². The average molecular weight is 246 g/mol. The molecular formula is C17H14N2. The maximum atomic E-state index is 4.72. The molecule has 2 nitrogen and oxygen atoms in total. The van der Waals surface area contributed by atoms with Crippen molar-refractivity contribution in [3.63, 3.8) is 0 Å². The summed E-state index contributed by atoms with van der Waals surface area (Å²) >= 11 is 0. The van der Waals surface area contributed by atoms with E-state index in [4.69, 9.17) is 4.98 Å². The van der Waals surface area contributed by atoms with Crippen LogP contribution in [0.3, 0.4) is 0 Å². The van der Waals surface area contributed by atoms with Crippen LogP contribution in [0.15, 0.2) is 55.1 Å². The number of nitrogens with zero attached hydrogens (tertiary/aromatic N) is 2. The summed E-state index contributed by atoms with van der Waals surface area (Å²) in [7, 11) is 0. The van der Waals surface area contributed by atoms with Gasteiger partial charge in [0.1, 0.15) is 0 Å². The molecule has 0 N–H and O–H groups in total. The highest BCUT2D eigenvalue weighted by atomic mass is 14.8. The molecule has 3 rings (SSSR count). The summed E-state index contributed by atoms with van der Waals surface area (Å²) in [6, 6.07) is 16.2. The molecule has 0 aliphatic rings. The summed E-state index contributed by atoms with van der Waals surface area (Å²) in [5.74, 6) is 0. The maximum absolute atomic E-state index is 4.72. The van der Waals surface area contributed by atoms with Crippen molar-refractivity contribution in [3.05, 3.63) is 66.4 Å². The van der Waals surface area contributed by atoms with Gasteiger partial charge in [0.05, 0.1) is 22.4 Å². The Bertz CT molecular complexity index is 746. The van der Waals surface area contributed by atoms with Crippen LogP contribution < -0.4 is 0 Å². The number of rotatable bonds is 2. The first kappa shape index (κ1) is 11.6. The summed E-state index contributed by atoms with van der Waals surface area (Å²) in [5, 5.41) is 0. The van der Waals surface area contributed by atoms with Crippen molar-refractivity contribution in [3.8, 4) is 11.3 Å². The Hall–Kier alpha value is -2.48. The lowest BCUT2D eigenvalue weighted by Gasteiger charge is -2.07. The van der Waals surface area contributed by atoms with Crippen LogP contribution in [0, 0.1) is 6.92 Å². The van der Waals surface area contributed by atoms with Gasteiger partial charge in [-0.3, -0.25) is 0 Å². The molecule has 0 amide bonds. The Morgan fingerprint density at radius 3 is 2.47 bits per heavy atom. The van der Waals surface area contributed by atoms with Gasteiger partial charge in [0, 0.05) is 5.56 Å². The zero-order valence-electron chi connectivity index (χ0n) is 10.8. The molecule has 0 radical (unpaired) electrons. The number of hydrogen-bond acceptors (Lipinski definition) is 2. The van der Waals surface area contributed by atoms with Crippen molar-refractivity contribution in [2.75, 3.05) is 0 Å². The smallest absolute Gasteiger partial charge is 0.0922 e. The first-order valence-electron chi connectivity index (χ1n) is 6.24. The zero-order chi connectivity index (χ0) is 13.2. The molecule has 0 spiro atoms. The van der Waals surface area contributed by atoms with Gasteiger partial charge in [0.15, 0.2) is 0 Å². The van der Waals surface area contributed by atoms with Crippen LogP contribution in [-0.2, 0) is 0 Å². The first-order chi connectivity index (χ1) is 9.28. The topological polar surface area (TPSA) is 25.8 Å². The van der Waals surface area contributed by atoms with Crippen LogP contribution in [0.25, 0.3) is 28.4 Å². The number of hydrogen-bond donors (Lipinski definition) is 0. The Morgan fingerprint density at radius 1 is 0.947 bits per heavy atom. The van der Waals surface area contributed by atoms with Gasteiger partial charge in [0.2, 0.25) is 0 Å². The second-order valence-electron chi connectivity index (χ2n) is 4.48. The van der Waals surface area contributed by atoms with E-state index in [2.05, 4.69) is 23.7 Å². The predicted octanol–water partition coefficient (Wildman–Crippen LogP) is 4.25. The van der Waals surface area contributed by atoms with Crippen molar-refractivity contribution >= 4 is 17.1 Å². The lowest BCUT2D eigenvalue weighted by atomic mass is 10.1. The number of aromatic nitrogens is 2. The highest BCUT2D eigenvalue weighted by Crippen LogP contribution is 2.23. The number of fused-ring (bicyclic) bond motifs is 1. The third kappa shape index (κ3) is 2.13. The third-order valence-electron chi connectivity index (χ3n) is 3.15. The fraction of sp³-hybridized carbons (Fsp3) is 0.0588. The highest BCUT2D eigenvalue weighted by Gasteiger charge is 2.07. The Labute approximate surface area is 112 Å². The molecule has 2 heteroatoms. The molecule has 92 valence electrons. The van der Waals surface area contributed by atoms with Crippen molar-refractivity contribution in [2.24, 2.45) is 0 Å². The number of benzene rings is 2. The van der Waals surface area contributed by atoms with E-state index in [1.165, 1.54) is 0 Å². The van der Waals surface area contributed by atoms with Gasteiger partial charge in [-0.25, -0.2) is 9.97 Å². The second kappa shape index (κ2) is 4.65. The standard InChI is InChI=1S/C17H14N2/c1-3-13-9-10-15-16(11-13)18-12(2)17(19-15)14-7-5-4-6-8-14/h3-11H,1H2,2H3. The molecule has 1 aromatic heterocycles. The quantitative estimate of drug-likeness (QED) is 0.675. The summed E-state index contributed by atoms with van der Waals surface area (Å²) in [5.41, 5.74) is 5.87. The minimum absolute atomic E-state index is 0.912. The van der Waals surface area contributed by atoms with Crippen LogP contribution in [-0.4, -0.2) is 9.97 Å². The van der Waals surface area contributed by atoms with Crippen LogP contribution >= 0.6 is 0 Å². The lowest BCUT2D eigenvalue weighted by Crippen LogP contribution is -1.94. The van der Waals surface area contributed by atoms with Gasteiger partial charge >= 0.3 is 0 Å². The summed E-state index contributed by atoms with van der Waals surface area (Å²) in [4.78, 5) is 9.37. The summed E-state index contributed by atoms with van der Waals surface area (Å²) < 4.78 is 0. The Balaban J connectivity index is 2.23. The summed E-state index contributed by atoms with van der Waals surface area (Å²) in [6.45, 7) is 5.77. The van der Waals surface area contributed by atoms with Crippen LogP contribution in [0.5, 0.6) is 0 Å². The van der Waals surface area contributed by atoms with Crippen molar-refractivity contribution < 1.29 is 0 Å². The molecule has 0 saturated heterocycles. The third-order valence-corrected chi connectivity index (χ3v) is 3.15. The van der Waals surface area contributed by atoms with E-state index in [1.54, 1.807) is 0 Å². The van der Waals surface area contributed by atoms with E-state index in [1.807, 2.05) is 49.4 Å². The molecule has 0 fully saturated rings. The van der Waals surface area contributed by atoms with E-state index in [-0.39, 0.29) is 0 Å². The first-order valence-corrected chi connectivity index (χ1v) is 6.24. The fourth-order valence-electron chi connectivity index (χ4n) is 2.16. The van der Waals surface area contributed by atoms with E-state index >= 15 is 0 Å². The van der Waals surface area contributed by atoms with E-state index < -0.39 is 0 Å². The Kier molecular flexibility index (Phi) is 2.84. The van der Waals surface area contributed by atoms with Crippen LogP contribution in [0.4, 0.5) is 0 Å². The molecule has 0 bridgehead atoms. The molecule has 3 aromatic rings. The minimum atomic E-state index is 0.912. The van der Waals surface area contributed by atoms with Crippen molar-refractivity contribution in [2.45, 2.75) is 6.92 Å². The predicted molar refractivity (Wildman–Crippen MR) is 79.8 cm³/mol. The molecular weight excluding hydrogens is 232 g/mol. The molecule has 0 aliphatic carbocycles. The van der Waals surface area contributed by atoms with Gasteiger partial charge in [-0.05, 0) is 24.6 Å². The van der Waals surface area contributed by atoms with Gasteiger partial charge in [-0.2, -0.15) is 0 Å². The molecule has 0 unspecified atom stereocenters. The van der Waals surface area contributed by atoms with Gasteiger partial charge in [0.25, 0.3) is 0 Å². The molecule has 1 heterocycles. The highest BCUT2D eigenvalue weighted by molar-refractivity contribution is 5.80. The maximum Gasteiger partial charge on any atom is 0.0922 e. The second-order valence-corrected chi connectivity index (χ2v) is 4.48. The molecule has 2 aromatic carbocycles.